The van der Waals surface area contributed by atoms with E-state index in [1.807, 2.05) is 4.90 Å². The van der Waals surface area contributed by atoms with Gasteiger partial charge in [0.2, 0.25) is 5.91 Å². The van der Waals surface area contributed by atoms with Gasteiger partial charge in [0, 0.05) is 39.1 Å². The molecule has 1 saturated heterocycles. The molecule has 1 atom stereocenters. The lowest BCUT2D eigenvalue weighted by atomic mass is 9.83. The van der Waals surface area contributed by atoms with Crippen LogP contribution >= 0.6 is 24.0 Å². The zero-order valence-electron chi connectivity index (χ0n) is 16.3. The number of nitrogens with one attached hydrogen (secondary N) is 2. The number of carbonyl (C=O) groups is 1. The average Bonchev–Trinajstić information content (AvgIpc) is 3.07. The number of guanidine groups is 1. The molecule has 0 radical (unpaired) electrons. The Labute approximate surface area is 170 Å². The molecule has 2 fully saturated rings. The van der Waals surface area contributed by atoms with Gasteiger partial charge < -0.3 is 15.5 Å². The Morgan fingerprint density at radius 1 is 1.20 bits per heavy atom. The summed E-state index contributed by atoms with van der Waals surface area (Å²) in [6.45, 7) is 7.02. The van der Waals surface area contributed by atoms with Gasteiger partial charge in [-0.1, -0.05) is 19.8 Å². The van der Waals surface area contributed by atoms with Gasteiger partial charge in [-0.25, -0.2) is 0 Å². The predicted molar refractivity (Wildman–Crippen MR) is 116 cm³/mol. The number of hydrogen-bond donors (Lipinski definition) is 2. The lowest BCUT2D eigenvalue weighted by molar-refractivity contribution is -0.134. The van der Waals surface area contributed by atoms with Crippen LogP contribution in [0.1, 0.15) is 71.6 Å². The fourth-order valence-corrected chi connectivity index (χ4v) is 4.17. The molecule has 1 heterocycles. The number of carbonyl (C=O) groups excluding carboxylic acids is 1. The number of hydrogen-bond acceptors (Lipinski definition) is 2. The molecule has 1 aliphatic carbocycles. The molecule has 2 rings (SSSR count). The zero-order chi connectivity index (χ0) is 17.4. The lowest BCUT2D eigenvalue weighted by Gasteiger charge is -2.33. The van der Waals surface area contributed by atoms with Crippen molar-refractivity contribution in [1.29, 1.82) is 0 Å². The SMILES string of the molecule is CCC1(CNC(=NC)NCCC(=O)N2CCCCC2C)CCCC1.I. The summed E-state index contributed by atoms with van der Waals surface area (Å²) in [5.74, 6) is 1.10. The molecule has 5 nitrogen and oxygen atoms in total. The second-order valence-corrected chi connectivity index (χ2v) is 7.60. The van der Waals surface area contributed by atoms with Crippen LogP contribution < -0.4 is 10.6 Å². The van der Waals surface area contributed by atoms with Gasteiger partial charge in [0.05, 0.1) is 0 Å². The molecule has 0 spiro atoms. The van der Waals surface area contributed by atoms with Gasteiger partial charge in [-0.05, 0) is 50.9 Å². The minimum absolute atomic E-state index is 0. The minimum atomic E-state index is 0. The molecule has 146 valence electrons. The van der Waals surface area contributed by atoms with Gasteiger partial charge in [-0.15, -0.1) is 24.0 Å². The predicted octanol–water partition coefficient (Wildman–Crippen LogP) is 3.53. The summed E-state index contributed by atoms with van der Waals surface area (Å²) in [4.78, 5) is 18.7. The molecule has 2 N–H and O–H groups in total. The normalized spacial score (nSPS) is 23.1. The van der Waals surface area contributed by atoms with E-state index in [9.17, 15) is 4.79 Å². The third kappa shape index (κ3) is 6.61. The highest BCUT2D eigenvalue weighted by Gasteiger charge is 2.31. The van der Waals surface area contributed by atoms with E-state index in [0.717, 1.165) is 31.9 Å². The van der Waals surface area contributed by atoms with E-state index in [1.165, 1.54) is 38.5 Å². The Balaban J connectivity index is 0.00000312. The van der Waals surface area contributed by atoms with Crippen LogP contribution in [0.5, 0.6) is 0 Å². The number of nitrogens with zero attached hydrogens (tertiary/aromatic N) is 2. The smallest absolute Gasteiger partial charge is 0.224 e. The summed E-state index contributed by atoms with van der Waals surface area (Å²) < 4.78 is 0. The van der Waals surface area contributed by atoms with Crippen LogP contribution in [-0.4, -0.2) is 49.5 Å². The second kappa shape index (κ2) is 11.2. The standard InChI is InChI=1S/C19H36N4O.HI/c1-4-19(11-6-7-12-19)15-22-18(20-3)21-13-10-17(24)23-14-8-5-9-16(23)2;/h16H,4-15H2,1-3H3,(H2,20,21,22);1H. The van der Waals surface area contributed by atoms with Crippen LogP contribution in [-0.2, 0) is 4.79 Å². The maximum Gasteiger partial charge on any atom is 0.224 e. The Morgan fingerprint density at radius 3 is 2.52 bits per heavy atom. The van der Waals surface area contributed by atoms with Crippen LogP contribution in [0.4, 0.5) is 0 Å². The molecule has 0 aromatic heterocycles. The third-order valence-corrected chi connectivity index (χ3v) is 6.02. The van der Waals surface area contributed by atoms with Gasteiger partial charge in [0.25, 0.3) is 0 Å². The van der Waals surface area contributed by atoms with Crippen molar-refractivity contribution >= 4 is 35.8 Å². The average molecular weight is 464 g/mol. The van der Waals surface area contributed by atoms with Crippen LogP contribution in [0.3, 0.4) is 0 Å². The van der Waals surface area contributed by atoms with Crippen LogP contribution in [0, 0.1) is 5.41 Å². The summed E-state index contributed by atoms with van der Waals surface area (Å²) in [5.41, 5.74) is 0.441. The largest absolute Gasteiger partial charge is 0.356 e. The summed E-state index contributed by atoms with van der Waals surface area (Å²) >= 11 is 0. The van der Waals surface area contributed by atoms with E-state index in [0.29, 0.717) is 24.4 Å². The minimum Gasteiger partial charge on any atom is -0.356 e. The van der Waals surface area contributed by atoms with E-state index in [4.69, 9.17) is 0 Å². The molecule has 1 saturated carbocycles. The van der Waals surface area contributed by atoms with E-state index >= 15 is 0 Å². The Bertz CT molecular complexity index is 435. The summed E-state index contributed by atoms with van der Waals surface area (Å²) in [6.07, 6.45) is 10.6. The van der Waals surface area contributed by atoms with Gasteiger partial charge >= 0.3 is 0 Å². The quantitative estimate of drug-likeness (QED) is 0.359. The van der Waals surface area contributed by atoms with Crippen molar-refractivity contribution < 1.29 is 4.79 Å². The lowest BCUT2D eigenvalue weighted by Crippen LogP contribution is -2.45. The third-order valence-electron chi connectivity index (χ3n) is 6.02. The van der Waals surface area contributed by atoms with Gasteiger partial charge in [-0.2, -0.15) is 0 Å². The molecule has 25 heavy (non-hydrogen) atoms. The number of amides is 1. The first-order valence-electron chi connectivity index (χ1n) is 9.84. The highest BCUT2D eigenvalue weighted by Crippen LogP contribution is 2.40. The topological polar surface area (TPSA) is 56.7 Å². The van der Waals surface area contributed by atoms with Gasteiger partial charge in [0.15, 0.2) is 5.96 Å². The first kappa shape index (κ1) is 22.5. The summed E-state index contributed by atoms with van der Waals surface area (Å²) in [6, 6.07) is 0.399. The molecule has 0 aromatic rings. The molecular weight excluding hydrogens is 427 g/mol. The molecule has 2 aliphatic rings. The number of piperidine rings is 1. The zero-order valence-corrected chi connectivity index (χ0v) is 18.6. The number of rotatable bonds is 6. The fourth-order valence-electron chi connectivity index (χ4n) is 4.17. The maximum atomic E-state index is 12.4. The van der Waals surface area contributed by atoms with Crippen molar-refractivity contribution in [2.75, 3.05) is 26.7 Å². The fraction of sp³-hybridized carbons (Fsp3) is 0.895. The highest BCUT2D eigenvalue weighted by molar-refractivity contribution is 14.0. The maximum absolute atomic E-state index is 12.4. The summed E-state index contributed by atoms with van der Waals surface area (Å²) in [5, 5.41) is 6.79. The van der Waals surface area contributed by atoms with Crippen molar-refractivity contribution in [1.82, 2.24) is 15.5 Å². The highest BCUT2D eigenvalue weighted by atomic mass is 127. The van der Waals surface area contributed by atoms with Crippen LogP contribution in [0.25, 0.3) is 0 Å². The second-order valence-electron chi connectivity index (χ2n) is 7.60. The van der Waals surface area contributed by atoms with Crippen molar-refractivity contribution in [3.05, 3.63) is 0 Å². The Morgan fingerprint density at radius 2 is 1.92 bits per heavy atom. The molecular formula is C19H37IN4O. The van der Waals surface area contributed by atoms with Crippen molar-refractivity contribution in [3.8, 4) is 0 Å². The van der Waals surface area contributed by atoms with Crippen LogP contribution in [0.2, 0.25) is 0 Å². The van der Waals surface area contributed by atoms with Gasteiger partial charge in [-0.3, -0.25) is 9.79 Å². The number of halogens is 1. The van der Waals surface area contributed by atoms with Crippen molar-refractivity contribution in [3.63, 3.8) is 0 Å². The van der Waals surface area contributed by atoms with E-state index < -0.39 is 0 Å². The van der Waals surface area contributed by atoms with Crippen molar-refractivity contribution in [2.45, 2.75) is 77.7 Å². The Hall–Kier alpha value is -0.530. The van der Waals surface area contributed by atoms with Gasteiger partial charge in [0.1, 0.15) is 0 Å². The number of aliphatic imine (C=N–C) groups is 1. The Kier molecular flexibility index (Phi) is 10.1. The first-order chi connectivity index (χ1) is 11.6. The number of likely N-dealkylation sites (tertiary alicyclic amines) is 1. The molecule has 6 heteroatoms. The van der Waals surface area contributed by atoms with Crippen LogP contribution in [0.15, 0.2) is 4.99 Å². The molecule has 0 bridgehead atoms. The molecule has 1 amide bonds. The first-order valence-corrected chi connectivity index (χ1v) is 9.84. The van der Waals surface area contributed by atoms with E-state index in [-0.39, 0.29) is 29.9 Å². The van der Waals surface area contributed by atoms with E-state index in [1.54, 1.807) is 7.05 Å². The molecule has 0 aromatic carbocycles. The van der Waals surface area contributed by atoms with E-state index in [2.05, 4.69) is 29.5 Å². The monoisotopic (exact) mass is 464 g/mol. The van der Waals surface area contributed by atoms with Crippen molar-refractivity contribution in [2.24, 2.45) is 10.4 Å². The molecule has 1 unspecified atom stereocenters. The molecule has 1 aliphatic heterocycles. The summed E-state index contributed by atoms with van der Waals surface area (Å²) in [7, 11) is 1.80.